The van der Waals surface area contributed by atoms with E-state index in [9.17, 15) is 4.79 Å². The highest BCUT2D eigenvalue weighted by atomic mass is 79.9. The van der Waals surface area contributed by atoms with Crippen LogP contribution in [0.15, 0.2) is 39.5 Å². The van der Waals surface area contributed by atoms with Gasteiger partial charge in [-0.3, -0.25) is 4.79 Å². The molecule has 0 atom stereocenters. The number of hydrogen-bond donors (Lipinski definition) is 1. The summed E-state index contributed by atoms with van der Waals surface area (Å²) in [5.74, 6) is -0.0783. The van der Waals surface area contributed by atoms with E-state index in [1.54, 1.807) is 0 Å². The molecule has 1 heterocycles. The lowest BCUT2D eigenvalue weighted by molar-refractivity contribution is 0.102. The normalized spacial score (nSPS) is 11.4. The Morgan fingerprint density at radius 3 is 2.32 bits per heavy atom. The minimum Gasteiger partial charge on any atom is -0.322 e. The third-order valence-electron chi connectivity index (χ3n) is 2.84. The SMILES string of the molecule is CC(C)(C)c1ccc(NC(=O)c2csc(Br)c2)cc1. The molecule has 0 saturated carbocycles. The van der Waals surface area contributed by atoms with Gasteiger partial charge in [0.1, 0.15) is 0 Å². The van der Waals surface area contributed by atoms with Gasteiger partial charge in [-0.05, 0) is 45.1 Å². The molecular formula is C15H16BrNOS. The van der Waals surface area contributed by atoms with Gasteiger partial charge in [-0.2, -0.15) is 0 Å². The van der Waals surface area contributed by atoms with Crippen LogP contribution in [0.5, 0.6) is 0 Å². The van der Waals surface area contributed by atoms with Crippen molar-refractivity contribution in [3.05, 3.63) is 50.6 Å². The van der Waals surface area contributed by atoms with Crippen molar-refractivity contribution in [2.24, 2.45) is 0 Å². The number of rotatable bonds is 2. The molecule has 2 rings (SSSR count). The van der Waals surface area contributed by atoms with Gasteiger partial charge in [0.25, 0.3) is 5.91 Å². The average Bonchev–Trinajstić information content (AvgIpc) is 2.75. The lowest BCUT2D eigenvalue weighted by Gasteiger charge is -2.19. The summed E-state index contributed by atoms with van der Waals surface area (Å²) in [7, 11) is 0. The molecule has 4 heteroatoms. The summed E-state index contributed by atoms with van der Waals surface area (Å²) in [4.78, 5) is 12.0. The fraction of sp³-hybridized carbons (Fsp3) is 0.267. The smallest absolute Gasteiger partial charge is 0.256 e. The molecule has 1 aromatic heterocycles. The van der Waals surface area contributed by atoms with Crippen molar-refractivity contribution in [3.63, 3.8) is 0 Å². The third-order valence-corrected chi connectivity index (χ3v) is 4.34. The molecule has 0 aliphatic rings. The minimum absolute atomic E-state index is 0.0783. The van der Waals surface area contributed by atoms with Gasteiger partial charge >= 0.3 is 0 Å². The van der Waals surface area contributed by atoms with E-state index < -0.39 is 0 Å². The molecule has 19 heavy (non-hydrogen) atoms. The molecule has 0 saturated heterocycles. The number of anilines is 1. The summed E-state index contributed by atoms with van der Waals surface area (Å²) in [6, 6.07) is 9.82. The zero-order valence-corrected chi connectivity index (χ0v) is 13.6. The van der Waals surface area contributed by atoms with Crippen LogP contribution >= 0.6 is 27.3 Å². The lowest BCUT2D eigenvalue weighted by Crippen LogP contribution is -2.13. The maximum absolute atomic E-state index is 12.0. The van der Waals surface area contributed by atoms with Crippen LogP contribution in [0, 0.1) is 0 Å². The Morgan fingerprint density at radius 2 is 1.84 bits per heavy atom. The standard InChI is InChI=1S/C15H16BrNOS/c1-15(2,3)11-4-6-12(7-5-11)17-14(18)10-8-13(16)19-9-10/h4-9H,1-3H3,(H,17,18). The van der Waals surface area contributed by atoms with Crippen LogP contribution in [0.25, 0.3) is 0 Å². The molecular weight excluding hydrogens is 322 g/mol. The second-order valence-corrected chi connectivity index (χ2v) is 7.71. The zero-order chi connectivity index (χ0) is 14.0. The van der Waals surface area contributed by atoms with E-state index in [1.807, 2.05) is 23.6 Å². The van der Waals surface area contributed by atoms with Gasteiger partial charge < -0.3 is 5.32 Å². The predicted molar refractivity (Wildman–Crippen MR) is 85.1 cm³/mol. The topological polar surface area (TPSA) is 29.1 Å². The molecule has 0 bridgehead atoms. The molecule has 0 fully saturated rings. The molecule has 100 valence electrons. The molecule has 1 amide bonds. The zero-order valence-electron chi connectivity index (χ0n) is 11.2. The van der Waals surface area contributed by atoms with E-state index in [0.717, 1.165) is 9.47 Å². The first-order valence-electron chi connectivity index (χ1n) is 6.02. The van der Waals surface area contributed by atoms with Gasteiger partial charge in [-0.25, -0.2) is 0 Å². The van der Waals surface area contributed by atoms with Crippen LogP contribution in [-0.2, 0) is 5.41 Å². The monoisotopic (exact) mass is 337 g/mol. The Balaban J connectivity index is 2.10. The number of carbonyl (C=O) groups excluding carboxylic acids is 1. The molecule has 2 aromatic rings. The summed E-state index contributed by atoms with van der Waals surface area (Å²) in [5.41, 5.74) is 2.88. The Labute approximate surface area is 126 Å². The highest BCUT2D eigenvalue weighted by Crippen LogP contribution is 2.24. The average molecular weight is 338 g/mol. The highest BCUT2D eigenvalue weighted by molar-refractivity contribution is 9.11. The van der Waals surface area contributed by atoms with Crippen molar-refractivity contribution < 1.29 is 4.79 Å². The van der Waals surface area contributed by atoms with E-state index in [2.05, 4.69) is 54.2 Å². The number of nitrogens with one attached hydrogen (secondary N) is 1. The molecule has 0 aliphatic heterocycles. The second kappa shape index (κ2) is 5.47. The lowest BCUT2D eigenvalue weighted by atomic mass is 9.87. The molecule has 0 aliphatic carbocycles. The van der Waals surface area contributed by atoms with E-state index in [4.69, 9.17) is 0 Å². The Bertz CT molecular complexity index is 581. The molecule has 2 nitrogen and oxygen atoms in total. The van der Waals surface area contributed by atoms with Gasteiger partial charge in [0.05, 0.1) is 9.35 Å². The van der Waals surface area contributed by atoms with Crippen molar-refractivity contribution in [1.82, 2.24) is 0 Å². The van der Waals surface area contributed by atoms with Gasteiger partial charge in [-0.1, -0.05) is 32.9 Å². The van der Waals surface area contributed by atoms with E-state index in [-0.39, 0.29) is 11.3 Å². The molecule has 1 aromatic carbocycles. The van der Waals surface area contributed by atoms with Crippen molar-refractivity contribution in [1.29, 1.82) is 0 Å². The first-order chi connectivity index (χ1) is 8.86. The van der Waals surface area contributed by atoms with Crippen molar-refractivity contribution in [2.75, 3.05) is 5.32 Å². The van der Waals surface area contributed by atoms with Crippen LogP contribution in [0.1, 0.15) is 36.7 Å². The number of halogens is 1. The van der Waals surface area contributed by atoms with Crippen LogP contribution in [0.4, 0.5) is 5.69 Å². The third kappa shape index (κ3) is 3.67. The fourth-order valence-electron chi connectivity index (χ4n) is 1.69. The summed E-state index contributed by atoms with van der Waals surface area (Å²) in [6.45, 7) is 6.51. The van der Waals surface area contributed by atoms with Crippen LogP contribution in [0.2, 0.25) is 0 Å². The van der Waals surface area contributed by atoms with Gasteiger partial charge in [0.15, 0.2) is 0 Å². The predicted octanol–water partition coefficient (Wildman–Crippen LogP) is 5.06. The van der Waals surface area contributed by atoms with Gasteiger partial charge in [0, 0.05) is 11.1 Å². The molecule has 0 radical (unpaired) electrons. The van der Waals surface area contributed by atoms with Crippen molar-refractivity contribution in [2.45, 2.75) is 26.2 Å². The quantitative estimate of drug-likeness (QED) is 0.815. The number of benzene rings is 1. The maximum atomic E-state index is 12.0. The molecule has 1 N–H and O–H groups in total. The number of amides is 1. The summed E-state index contributed by atoms with van der Waals surface area (Å²) >= 11 is 4.86. The number of carbonyl (C=O) groups is 1. The molecule has 0 unspecified atom stereocenters. The largest absolute Gasteiger partial charge is 0.322 e. The highest BCUT2D eigenvalue weighted by Gasteiger charge is 2.13. The summed E-state index contributed by atoms with van der Waals surface area (Å²) in [5, 5.41) is 4.73. The first kappa shape index (κ1) is 14.3. The van der Waals surface area contributed by atoms with E-state index in [0.29, 0.717) is 5.56 Å². The van der Waals surface area contributed by atoms with E-state index >= 15 is 0 Å². The Kier molecular flexibility index (Phi) is 4.11. The minimum atomic E-state index is -0.0783. The fourth-order valence-corrected chi connectivity index (χ4v) is 2.82. The Morgan fingerprint density at radius 1 is 1.21 bits per heavy atom. The maximum Gasteiger partial charge on any atom is 0.256 e. The van der Waals surface area contributed by atoms with E-state index in [1.165, 1.54) is 16.9 Å². The molecule has 0 spiro atoms. The second-order valence-electron chi connectivity index (χ2n) is 5.42. The first-order valence-corrected chi connectivity index (χ1v) is 7.69. The summed E-state index contributed by atoms with van der Waals surface area (Å²) in [6.07, 6.45) is 0. The van der Waals surface area contributed by atoms with Crippen molar-refractivity contribution in [3.8, 4) is 0 Å². The number of thiophene rings is 1. The van der Waals surface area contributed by atoms with Gasteiger partial charge in [-0.15, -0.1) is 11.3 Å². The number of hydrogen-bond acceptors (Lipinski definition) is 2. The van der Waals surface area contributed by atoms with Crippen molar-refractivity contribution >= 4 is 38.9 Å². The van der Waals surface area contributed by atoms with Crippen LogP contribution in [-0.4, -0.2) is 5.91 Å². The summed E-state index contributed by atoms with van der Waals surface area (Å²) < 4.78 is 0.959. The van der Waals surface area contributed by atoms with Crippen LogP contribution in [0.3, 0.4) is 0 Å². The Hall–Kier alpha value is -1.13. The van der Waals surface area contributed by atoms with Gasteiger partial charge in [0.2, 0.25) is 0 Å². The van der Waals surface area contributed by atoms with Crippen LogP contribution < -0.4 is 5.32 Å².